The van der Waals surface area contributed by atoms with E-state index in [1.807, 2.05) is 19.2 Å². The predicted octanol–water partition coefficient (Wildman–Crippen LogP) is 5.23. The fourth-order valence-corrected chi connectivity index (χ4v) is 12.2. The van der Waals surface area contributed by atoms with Crippen LogP contribution >= 0.6 is 0 Å². The fraction of sp³-hybridized carbons (Fsp3) is 0.523. The third-order valence-electron chi connectivity index (χ3n) is 13.7. The van der Waals surface area contributed by atoms with Gasteiger partial charge in [0.2, 0.25) is 0 Å². The summed E-state index contributed by atoms with van der Waals surface area (Å²) in [4.78, 5) is 38.4. The number of fused-ring (bicyclic) bond motifs is 4. The molecular weight excluding hydrogens is 761 g/mol. The van der Waals surface area contributed by atoms with E-state index in [9.17, 15) is 18.0 Å². The number of nitrogens with zero attached hydrogens (tertiary/aromatic N) is 4. The van der Waals surface area contributed by atoms with Crippen molar-refractivity contribution in [3.8, 4) is 17.2 Å². The molecule has 13 nitrogen and oxygen atoms in total. The molecule has 0 radical (unpaired) electrons. The van der Waals surface area contributed by atoms with Crippen LogP contribution in [0.5, 0.6) is 17.2 Å². The molecule has 0 bridgehead atoms. The number of hydrogen-bond donors (Lipinski definition) is 0. The van der Waals surface area contributed by atoms with Gasteiger partial charge < -0.3 is 28.0 Å². The van der Waals surface area contributed by atoms with Gasteiger partial charge in [0.15, 0.2) is 17.2 Å². The van der Waals surface area contributed by atoms with Gasteiger partial charge in [-0.1, -0.05) is 43.0 Å². The van der Waals surface area contributed by atoms with E-state index in [2.05, 4.69) is 46.1 Å². The van der Waals surface area contributed by atoms with Crippen LogP contribution in [0.2, 0.25) is 0 Å². The molecule has 5 aliphatic heterocycles. The Morgan fingerprint density at radius 3 is 2.48 bits per heavy atom. The second kappa shape index (κ2) is 14.9. The normalized spacial score (nSPS) is 29.3. The first-order chi connectivity index (χ1) is 27.8. The SMILES string of the molecule is C=CCOc1c([C@]23CCN(C)[C@@H](CCC(=O)OC)C2=Nc2c(OS(C)(=O)=O)cccc23)cc2c(c1OC)N(CC=C)[C@@H]1C=C[C@@]3(CC(=O)OC)CCCN4CC[C@@]21[C@H]43. The minimum Gasteiger partial charge on any atom is -0.491 e. The Morgan fingerprint density at radius 1 is 0.983 bits per heavy atom. The van der Waals surface area contributed by atoms with Gasteiger partial charge in [0.1, 0.15) is 12.3 Å². The molecule has 310 valence electrons. The van der Waals surface area contributed by atoms with E-state index in [0.717, 1.165) is 66.7 Å². The van der Waals surface area contributed by atoms with Gasteiger partial charge in [0, 0.05) is 48.0 Å². The molecule has 5 heterocycles. The molecule has 0 aromatic heterocycles. The molecular formula is C44H54N4O9S. The number of methoxy groups -OCH3 is 3. The summed E-state index contributed by atoms with van der Waals surface area (Å²) in [6.07, 6.45) is 13.4. The van der Waals surface area contributed by atoms with Crippen molar-refractivity contribution in [1.29, 1.82) is 0 Å². The number of esters is 2. The van der Waals surface area contributed by atoms with Crippen LogP contribution in [-0.4, -0.2) is 121 Å². The lowest BCUT2D eigenvalue weighted by Crippen LogP contribution is -2.63. The zero-order valence-electron chi connectivity index (χ0n) is 34.1. The number of hydrogen-bond acceptors (Lipinski definition) is 13. The highest BCUT2D eigenvalue weighted by atomic mass is 32.2. The van der Waals surface area contributed by atoms with E-state index in [4.69, 9.17) is 28.1 Å². The number of piperidine rings is 2. The third kappa shape index (κ3) is 5.91. The van der Waals surface area contributed by atoms with Crippen molar-refractivity contribution in [2.75, 3.05) is 72.3 Å². The van der Waals surface area contributed by atoms with Gasteiger partial charge in [0.25, 0.3) is 0 Å². The van der Waals surface area contributed by atoms with Crippen molar-refractivity contribution in [1.82, 2.24) is 9.80 Å². The Hall–Kier alpha value is -4.66. The summed E-state index contributed by atoms with van der Waals surface area (Å²) in [5, 5.41) is 0. The molecule has 1 spiro atoms. The number of aliphatic imine (C=N–C) groups is 1. The number of likely N-dealkylation sites (tertiary alicyclic amines) is 1. The van der Waals surface area contributed by atoms with Gasteiger partial charge in [-0.3, -0.25) is 24.4 Å². The maximum Gasteiger partial charge on any atom is 0.306 e. The van der Waals surface area contributed by atoms with E-state index in [0.29, 0.717) is 43.1 Å². The molecule has 6 atom stereocenters. The molecule has 0 unspecified atom stereocenters. The lowest BCUT2D eigenvalue weighted by Gasteiger charge is -2.55. The Morgan fingerprint density at radius 2 is 1.78 bits per heavy atom. The Balaban J connectivity index is 1.44. The van der Waals surface area contributed by atoms with Crippen molar-refractivity contribution >= 4 is 39.1 Å². The van der Waals surface area contributed by atoms with E-state index in [1.165, 1.54) is 14.2 Å². The second-order valence-corrected chi connectivity index (χ2v) is 18.1. The molecule has 8 rings (SSSR count). The molecule has 14 heteroatoms. The van der Waals surface area contributed by atoms with Crippen LogP contribution in [0, 0.1) is 5.41 Å². The van der Waals surface area contributed by atoms with E-state index in [1.54, 1.807) is 25.3 Å². The zero-order chi connectivity index (χ0) is 41.2. The van der Waals surface area contributed by atoms with E-state index in [-0.39, 0.29) is 55.3 Å². The number of benzene rings is 2. The lowest BCUT2D eigenvalue weighted by atomic mass is 9.54. The molecule has 1 aliphatic carbocycles. The maximum atomic E-state index is 13.3. The van der Waals surface area contributed by atoms with Gasteiger partial charge in [-0.15, -0.1) is 6.58 Å². The van der Waals surface area contributed by atoms with Crippen molar-refractivity contribution in [2.24, 2.45) is 10.4 Å². The third-order valence-corrected chi connectivity index (χ3v) is 14.2. The summed E-state index contributed by atoms with van der Waals surface area (Å²) in [6, 6.07) is 7.34. The Labute approximate surface area is 341 Å². The predicted molar refractivity (Wildman–Crippen MR) is 221 cm³/mol. The molecule has 6 aliphatic rings. The van der Waals surface area contributed by atoms with Gasteiger partial charge >= 0.3 is 22.1 Å². The highest BCUT2D eigenvalue weighted by molar-refractivity contribution is 7.86. The first-order valence-electron chi connectivity index (χ1n) is 20.1. The van der Waals surface area contributed by atoms with Crippen LogP contribution < -0.4 is 18.6 Å². The monoisotopic (exact) mass is 814 g/mol. The summed E-state index contributed by atoms with van der Waals surface area (Å²) < 4.78 is 54.7. The van der Waals surface area contributed by atoms with Gasteiger partial charge in [-0.05, 0) is 75.5 Å². The molecule has 58 heavy (non-hydrogen) atoms. The molecule has 3 saturated heterocycles. The quantitative estimate of drug-likeness (QED) is 0.140. The molecule has 2 aromatic carbocycles. The average Bonchev–Trinajstić information content (AvgIpc) is 3.85. The number of carbonyl (C=O) groups excluding carboxylic acids is 2. The van der Waals surface area contributed by atoms with Crippen LogP contribution in [0.3, 0.4) is 0 Å². The van der Waals surface area contributed by atoms with Crippen molar-refractivity contribution in [2.45, 2.75) is 73.9 Å². The van der Waals surface area contributed by atoms with Crippen LogP contribution in [0.1, 0.15) is 61.6 Å². The average molecular weight is 815 g/mol. The highest BCUT2D eigenvalue weighted by Crippen LogP contribution is 2.68. The zero-order valence-corrected chi connectivity index (χ0v) is 34.9. The first-order valence-corrected chi connectivity index (χ1v) is 21.9. The van der Waals surface area contributed by atoms with Gasteiger partial charge in [-0.2, -0.15) is 8.42 Å². The molecule has 0 amide bonds. The lowest BCUT2D eigenvalue weighted by molar-refractivity contribution is -0.145. The van der Waals surface area contributed by atoms with Gasteiger partial charge in [-0.25, -0.2) is 0 Å². The number of carbonyl (C=O) groups is 2. The number of anilines is 1. The van der Waals surface area contributed by atoms with E-state index < -0.39 is 26.4 Å². The van der Waals surface area contributed by atoms with Crippen LogP contribution in [0.4, 0.5) is 11.4 Å². The smallest absolute Gasteiger partial charge is 0.306 e. The van der Waals surface area contributed by atoms with Crippen molar-refractivity contribution in [3.05, 3.63) is 78.4 Å². The molecule has 2 aromatic rings. The van der Waals surface area contributed by atoms with Gasteiger partial charge in [0.05, 0.1) is 56.9 Å². The summed E-state index contributed by atoms with van der Waals surface area (Å²) >= 11 is 0. The fourth-order valence-electron chi connectivity index (χ4n) is 11.7. The summed E-state index contributed by atoms with van der Waals surface area (Å²) in [6.45, 7) is 11.3. The number of rotatable bonds is 14. The van der Waals surface area contributed by atoms with Crippen LogP contribution in [0.15, 0.2) is 66.7 Å². The number of para-hydroxylation sites is 1. The van der Waals surface area contributed by atoms with Crippen molar-refractivity contribution < 1.29 is 41.1 Å². The minimum atomic E-state index is -3.92. The second-order valence-electron chi connectivity index (χ2n) is 16.5. The van der Waals surface area contributed by atoms with Crippen molar-refractivity contribution in [3.63, 3.8) is 0 Å². The molecule has 0 N–H and O–H groups in total. The molecule has 3 fully saturated rings. The highest BCUT2D eigenvalue weighted by Gasteiger charge is 2.68. The topological polar surface area (TPSA) is 137 Å². The summed E-state index contributed by atoms with van der Waals surface area (Å²) in [5.74, 6) is 0.699. The molecule has 0 saturated carbocycles. The maximum absolute atomic E-state index is 13.3. The summed E-state index contributed by atoms with van der Waals surface area (Å²) in [5.41, 5.74) is 3.01. The Kier molecular flexibility index (Phi) is 10.3. The first kappa shape index (κ1) is 40.1. The summed E-state index contributed by atoms with van der Waals surface area (Å²) in [7, 11) is 2.62. The standard InChI is InChI=1S/C44H54N4O9S/c1-8-21-48-33-16-18-42(27-35(50)54-5)17-11-22-47-24-20-44(33,41(42)47)29-26-30(38(56-25-9-2)39(55-6)37(29)48)43-19-23-46(3)31(14-15-34(49)53-4)40(43)45-36-28(43)12-10-13-32(36)57-58(7,51)52/h8-10,12-13,16,18,26,31,33,41H,1-2,11,14-15,17,19-25,27H2,3-7H3/t31-,33+,41+,42+,43+,44+/m0/s1. The van der Waals surface area contributed by atoms with E-state index >= 15 is 0 Å². The van der Waals surface area contributed by atoms with Crippen LogP contribution in [0.25, 0.3) is 0 Å². The van der Waals surface area contributed by atoms with Crippen LogP contribution in [-0.2, 0) is 40.0 Å². The Bertz CT molecular complexity index is 2220. The number of ether oxygens (including phenoxy) is 4. The largest absolute Gasteiger partial charge is 0.491 e. The minimum absolute atomic E-state index is 0.00419.